The second-order valence-electron chi connectivity index (χ2n) is 6.45. The van der Waals surface area contributed by atoms with Crippen molar-refractivity contribution >= 4 is 40.0 Å². The number of fused-ring (bicyclic) bond motifs is 1. The first-order valence-electron chi connectivity index (χ1n) is 9.48. The third-order valence-electron chi connectivity index (χ3n) is 4.46. The number of carbonyl (C=O) groups is 2. The fourth-order valence-corrected chi connectivity index (χ4v) is 5.37. The van der Waals surface area contributed by atoms with Gasteiger partial charge in [-0.05, 0) is 62.5 Å². The Morgan fingerprint density at radius 3 is 2.74 bits per heavy atom. The molecule has 27 heavy (non-hydrogen) atoms. The summed E-state index contributed by atoms with van der Waals surface area (Å²) in [5, 5.41) is 3.64. The van der Waals surface area contributed by atoms with E-state index in [1.807, 2.05) is 18.2 Å². The van der Waals surface area contributed by atoms with Gasteiger partial charge in [0.1, 0.15) is 5.00 Å². The first-order chi connectivity index (χ1) is 13.2. The molecule has 0 bridgehead atoms. The van der Waals surface area contributed by atoms with Crippen LogP contribution >= 0.6 is 23.1 Å². The van der Waals surface area contributed by atoms with Crippen LogP contribution in [0.3, 0.4) is 0 Å². The Balaban J connectivity index is 1.58. The second kappa shape index (κ2) is 9.95. The summed E-state index contributed by atoms with van der Waals surface area (Å²) in [6, 6.07) is 10.2. The molecule has 0 aliphatic heterocycles. The summed E-state index contributed by atoms with van der Waals surface area (Å²) in [5.74, 6) is 0.544. The van der Waals surface area contributed by atoms with Crippen LogP contribution in [-0.4, -0.2) is 24.2 Å². The molecule has 1 aliphatic carbocycles. The summed E-state index contributed by atoms with van der Waals surface area (Å²) in [4.78, 5) is 27.3. The van der Waals surface area contributed by atoms with Gasteiger partial charge in [0.25, 0.3) is 0 Å². The van der Waals surface area contributed by atoms with E-state index in [4.69, 9.17) is 4.74 Å². The van der Waals surface area contributed by atoms with E-state index < -0.39 is 0 Å². The van der Waals surface area contributed by atoms with Crippen LogP contribution in [0.1, 0.15) is 53.4 Å². The number of carbonyl (C=O) groups excluding carboxylic acids is 2. The number of esters is 1. The summed E-state index contributed by atoms with van der Waals surface area (Å²) in [6.07, 6.45) is 5.34. The molecule has 0 atom stereocenters. The van der Waals surface area contributed by atoms with Gasteiger partial charge in [-0.1, -0.05) is 18.2 Å². The van der Waals surface area contributed by atoms with Crippen LogP contribution in [0.2, 0.25) is 0 Å². The van der Waals surface area contributed by atoms with Gasteiger partial charge < -0.3 is 10.1 Å². The highest BCUT2D eigenvalue weighted by Crippen LogP contribution is 2.38. The lowest BCUT2D eigenvalue weighted by molar-refractivity contribution is -0.116. The zero-order chi connectivity index (χ0) is 19.1. The molecule has 1 amide bonds. The van der Waals surface area contributed by atoms with Crippen molar-refractivity contribution in [3.63, 3.8) is 0 Å². The number of aryl methyl sites for hydroxylation is 1. The van der Waals surface area contributed by atoms with Crippen LogP contribution in [0.25, 0.3) is 0 Å². The normalized spacial score (nSPS) is 13.1. The number of hydrogen-bond donors (Lipinski definition) is 1. The fraction of sp³-hybridized carbons (Fsp3) is 0.429. The number of thioether (sulfide) groups is 1. The highest BCUT2D eigenvalue weighted by molar-refractivity contribution is 7.99. The smallest absolute Gasteiger partial charge is 0.341 e. The van der Waals surface area contributed by atoms with Crippen molar-refractivity contribution in [1.82, 2.24) is 0 Å². The number of nitrogens with one attached hydrogen (secondary N) is 1. The van der Waals surface area contributed by atoms with Gasteiger partial charge in [-0.15, -0.1) is 23.1 Å². The summed E-state index contributed by atoms with van der Waals surface area (Å²) in [5.41, 5.74) is 1.67. The van der Waals surface area contributed by atoms with Gasteiger partial charge in [-0.3, -0.25) is 4.79 Å². The van der Waals surface area contributed by atoms with Crippen LogP contribution in [0.5, 0.6) is 0 Å². The van der Waals surface area contributed by atoms with Crippen LogP contribution in [0.4, 0.5) is 5.00 Å². The van der Waals surface area contributed by atoms with E-state index >= 15 is 0 Å². The van der Waals surface area contributed by atoms with Crippen LogP contribution in [0, 0.1) is 0 Å². The van der Waals surface area contributed by atoms with Gasteiger partial charge in [-0.25, -0.2) is 4.79 Å². The summed E-state index contributed by atoms with van der Waals surface area (Å²) >= 11 is 3.30. The molecular weight excluding hydrogens is 378 g/mol. The highest BCUT2D eigenvalue weighted by Gasteiger charge is 2.27. The standard InChI is InChI=1S/C21H25NO3S2/c1-2-25-21(24)19-16-11-6-7-12-17(16)27-20(19)22-18(23)13-8-14-26-15-9-4-3-5-10-15/h3-5,9-10H,2,6-8,11-14H2,1H3,(H,22,23). The molecule has 1 aromatic heterocycles. The minimum absolute atomic E-state index is 0.0344. The molecule has 0 radical (unpaired) electrons. The molecule has 1 heterocycles. The molecular formula is C21H25NO3S2. The molecule has 0 saturated carbocycles. The zero-order valence-corrected chi connectivity index (χ0v) is 17.2. The number of ether oxygens (including phenoxy) is 1. The van der Waals surface area contributed by atoms with Crippen molar-refractivity contribution in [2.75, 3.05) is 17.7 Å². The molecule has 3 rings (SSSR count). The Kier molecular flexibility index (Phi) is 7.35. The molecule has 6 heteroatoms. The Morgan fingerprint density at radius 2 is 1.96 bits per heavy atom. The summed E-state index contributed by atoms with van der Waals surface area (Å²) < 4.78 is 5.24. The first kappa shape index (κ1) is 20.0. The molecule has 0 fully saturated rings. The van der Waals surface area contributed by atoms with E-state index in [1.54, 1.807) is 30.0 Å². The third kappa shape index (κ3) is 5.36. The number of amides is 1. The van der Waals surface area contributed by atoms with Gasteiger partial charge in [0.15, 0.2) is 0 Å². The van der Waals surface area contributed by atoms with E-state index in [0.717, 1.165) is 43.4 Å². The van der Waals surface area contributed by atoms with Crippen LogP contribution < -0.4 is 5.32 Å². The predicted molar refractivity (Wildman–Crippen MR) is 112 cm³/mol. The molecule has 1 aromatic carbocycles. The Morgan fingerprint density at radius 1 is 1.19 bits per heavy atom. The molecule has 0 saturated heterocycles. The predicted octanol–water partition coefficient (Wildman–Crippen LogP) is 5.31. The van der Waals surface area contributed by atoms with E-state index in [1.165, 1.54) is 9.77 Å². The number of thiophene rings is 1. The molecule has 0 spiro atoms. The van der Waals surface area contributed by atoms with Crippen molar-refractivity contribution in [3.8, 4) is 0 Å². The molecule has 0 unspecified atom stereocenters. The Bertz CT molecular complexity index is 786. The molecule has 2 aromatic rings. The molecule has 4 nitrogen and oxygen atoms in total. The van der Waals surface area contributed by atoms with Crippen LogP contribution in [-0.2, 0) is 22.4 Å². The maximum absolute atomic E-state index is 12.4. The number of anilines is 1. The lowest BCUT2D eigenvalue weighted by Crippen LogP contribution is -2.15. The third-order valence-corrected chi connectivity index (χ3v) is 6.77. The van der Waals surface area contributed by atoms with Gasteiger partial charge in [0.05, 0.1) is 12.2 Å². The van der Waals surface area contributed by atoms with E-state index in [-0.39, 0.29) is 11.9 Å². The van der Waals surface area contributed by atoms with Gasteiger partial charge in [0, 0.05) is 16.2 Å². The lowest BCUT2D eigenvalue weighted by Gasteiger charge is -2.12. The second-order valence-corrected chi connectivity index (χ2v) is 8.72. The Labute approximate surface area is 168 Å². The van der Waals surface area contributed by atoms with Crippen molar-refractivity contribution in [2.24, 2.45) is 0 Å². The van der Waals surface area contributed by atoms with Gasteiger partial charge in [-0.2, -0.15) is 0 Å². The number of hydrogen-bond acceptors (Lipinski definition) is 5. The fourth-order valence-electron chi connectivity index (χ4n) is 3.20. The largest absolute Gasteiger partial charge is 0.462 e. The highest BCUT2D eigenvalue weighted by atomic mass is 32.2. The topological polar surface area (TPSA) is 55.4 Å². The van der Waals surface area contributed by atoms with Crippen molar-refractivity contribution in [3.05, 3.63) is 46.3 Å². The van der Waals surface area contributed by atoms with Crippen molar-refractivity contribution < 1.29 is 14.3 Å². The van der Waals surface area contributed by atoms with E-state index in [2.05, 4.69) is 17.4 Å². The monoisotopic (exact) mass is 403 g/mol. The quantitative estimate of drug-likeness (QED) is 0.368. The van der Waals surface area contributed by atoms with Crippen molar-refractivity contribution in [1.29, 1.82) is 0 Å². The maximum atomic E-state index is 12.4. The van der Waals surface area contributed by atoms with E-state index in [9.17, 15) is 9.59 Å². The molecule has 144 valence electrons. The van der Waals surface area contributed by atoms with Gasteiger partial charge in [0.2, 0.25) is 5.91 Å². The minimum atomic E-state index is -0.313. The molecule has 1 aliphatic rings. The summed E-state index contributed by atoms with van der Waals surface area (Å²) in [6.45, 7) is 2.15. The van der Waals surface area contributed by atoms with E-state index in [0.29, 0.717) is 23.6 Å². The lowest BCUT2D eigenvalue weighted by atomic mass is 9.95. The van der Waals surface area contributed by atoms with Crippen LogP contribution in [0.15, 0.2) is 35.2 Å². The minimum Gasteiger partial charge on any atom is -0.462 e. The number of benzene rings is 1. The number of rotatable bonds is 8. The Hall–Kier alpha value is -1.79. The first-order valence-corrected chi connectivity index (χ1v) is 11.3. The molecule has 1 N–H and O–H groups in total. The van der Waals surface area contributed by atoms with Crippen molar-refractivity contribution in [2.45, 2.75) is 50.3 Å². The maximum Gasteiger partial charge on any atom is 0.341 e. The average Bonchev–Trinajstić information content (AvgIpc) is 3.04. The average molecular weight is 404 g/mol. The zero-order valence-electron chi connectivity index (χ0n) is 15.6. The van der Waals surface area contributed by atoms with Gasteiger partial charge >= 0.3 is 5.97 Å². The SMILES string of the molecule is CCOC(=O)c1c(NC(=O)CCCSc2ccccc2)sc2c1CCCC2. The summed E-state index contributed by atoms with van der Waals surface area (Å²) in [7, 11) is 0.